The van der Waals surface area contributed by atoms with Crippen LogP contribution in [0.5, 0.6) is 0 Å². The first-order valence-corrected chi connectivity index (χ1v) is 6.43. The van der Waals surface area contributed by atoms with Crippen LogP contribution in [-0.4, -0.2) is 24.7 Å². The summed E-state index contributed by atoms with van der Waals surface area (Å²) in [6, 6.07) is 0. The van der Waals surface area contributed by atoms with Crippen molar-refractivity contribution in [2.24, 2.45) is 5.92 Å². The van der Waals surface area contributed by atoms with E-state index in [0.29, 0.717) is 12.5 Å². The highest BCUT2D eigenvalue weighted by Gasteiger charge is 2.07. The average Bonchev–Trinajstić information content (AvgIpc) is 2.72. The van der Waals surface area contributed by atoms with Gasteiger partial charge >= 0.3 is 0 Å². The molecule has 4 heteroatoms. The molecule has 1 N–H and O–H groups in total. The Morgan fingerprint density at radius 2 is 2.24 bits per heavy atom. The molecule has 0 saturated carbocycles. The Bertz CT molecular complexity index is 297. The number of hydrogen-bond donors (Lipinski definition) is 1. The van der Waals surface area contributed by atoms with Gasteiger partial charge in [-0.1, -0.05) is 20.8 Å². The minimum absolute atomic E-state index is 0.651. The topological polar surface area (TPSA) is 47.3 Å². The fourth-order valence-electron chi connectivity index (χ4n) is 1.53. The summed E-state index contributed by atoms with van der Waals surface area (Å²) >= 11 is 0. The van der Waals surface area contributed by atoms with Crippen LogP contribution in [0.25, 0.3) is 0 Å². The molecule has 0 aromatic carbocycles. The third-order valence-corrected chi connectivity index (χ3v) is 2.39. The van der Waals surface area contributed by atoms with Crippen LogP contribution in [0, 0.1) is 5.92 Å². The second-order valence-corrected chi connectivity index (χ2v) is 4.61. The highest BCUT2D eigenvalue weighted by molar-refractivity contribution is 5.07. The van der Waals surface area contributed by atoms with E-state index in [1.165, 1.54) is 6.39 Å². The Balaban J connectivity index is 2.27. The van der Waals surface area contributed by atoms with Gasteiger partial charge in [0.05, 0.1) is 12.3 Å². The predicted molar refractivity (Wildman–Crippen MR) is 67.9 cm³/mol. The number of oxazole rings is 1. The minimum Gasteiger partial charge on any atom is -0.448 e. The van der Waals surface area contributed by atoms with E-state index in [9.17, 15) is 0 Å². The second-order valence-electron chi connectivity index (χ2n) is 4.61. The average molecular weight is 240 g/mol. The van der Waals surface area contributed by atoms with E-state index < -0.39 is 0 Å². The van der Waals surface area contributed by atoms with E-state index in [0.717, 1.165) is 44.0 Å². The third kappa shape index (κ3) is 5.84. The quantitative estimate of drug-likeness (QED) is 0.673. The molecule has 0 atom stereocenters. The largest absolute Gasteiger partial charge is 0.448 e. The van der Waals surface area contributed by atoms with Crippen LogP contribution >= 0.6 is 0 Å². The summed E-state index contributed by atoms with van der Waals surface area (Å²) in [7, 11) is 0. The van der Waals surface area contributed by atoms with E-state index in [-0.39, 0.29) is 0 Å². The van der Waals surface area contributed by atoms with Gasteiger partial charge in [0.25, 0.3) is 0 Å². The molecule has 0 aliphatic heterocycles. The van der Waals surface area contributed by atoms with Gasteiger partial charge in [-0.3, -0.25) is 0 Å². The second kappa shape index (κ2) is 8.25. The molecule has 0 spiro atoms. The van der Waals surface area contributed by atoms with Crippen LogP contribution in [0.15, 0.2) is 10.8 Å². The first-order valence-electron chi connectivity index (χ1n) is 6.43. The first kappa shape index (κ1) is 14.2. The molecule has 0 aliphatic carbocycles. The lowest BCUT2D eigenvalue weighted by molar-refractivity contribution is 0.134. The van der Waals surface area contributed by atoms with Crippen LogP contribution in [0.4, 0.5) is 0 Å². The van der Waals surface area contributed by atoms with Crippen molar-refractivity contribution in [2.45, 2.75) is 40.2 Å². The maximum Gasteiger partial charge on any atom is 0.181 e. The number of rotatable bonds is 9. The Kier molecular flexibility index (Phi) is 6.89. The molecule has 1 aromatic heterocycles. The van der Waals surface area contributed by atoms with E-state index in [1.807, 2.05) is 0 Å². The van der Waals surface area contributed by atoms with Crippen LogP contribution in [0.3, 0.4) is 0 Å². The molecule has 17 heavy (non-hydrogen) atoms. The molecule has 0 aliphatic rings. The van der Waals surface area contributed by atoms with Crippen molar-refractivity contribution in [1.29, 1.82) is 0 Å². The zero-order chi connectivity index (χ0) is 12.5. The standard InChI is InChI=1S/C13H24N2O2/c1-4-6-16-7-5-13-12(15-10-17-13)9-14-8-11(2)3/h10-11,14H,4-9H2,1-3H3. The van der Waals surface area contributed by atoms with Gasteiger partial charge in [-0.25, -0.2) is 4.98 Å². The van der Waals surface area contributed by atoms with Gasteiger partial charge < -0.3 is 14.5 Å². The molecule has 1 aromatic rings. The van der Waals surface area contributed by atoms with Crippen molar-refractivity contribution in [3.63, 3.8) is 0 Å². The SMILES string of the molecule is CCCOCCc1ocnc1CNCC(C)C. The van der Waals surface area contributed by atoms with Gasteiger partial charge in [-0.2, -0.15) is 0 Å². The first-order chi connectivity index (χ1) is 8.24. The Labute approximate surface area is 104 Å². The van der Waals surface area contributed by atoms with E-state index in [1.54, 1.807) is 0 Å². The van der Waals surface area contributed by atoms with Gasteiger partial charge in [-0.15, -0.1) is 0 Å². The molecular weight excluding hydrogens is 216 g/mol. The molecule has 1 heterocycles. The predicted octanol–water partition coefficient (Wildman–Crippen LogP) is 2.39. The molecule has 0 amide bonds. The van der Waals surface area contributed by atoms with E-state index >= 15 is 0 Å². The maximum absolute atomic E-state index is 5.45. The molecule has 4 nitrogen and oxygen atoms in total. The summed E-state index contributed by atoms with van der Waals surface area (Å²) in [4.78, 5) is 4.23. The van der Waals surface area contributed by atoms with Gasteiger partial charge in [-0.05, 0) is 18.9 Å². The molecule has 0 bridgehead atoms. The Morgan fingerprint density at radius 1 is 1.41 bits per heavy atom. The summed E-state index contributed by atoms with van der Waals surface area (Å²) in [6.45, 7) is 9.78. The summed E-state index contributed by atoms with van der Waals surface area (Å²) in [5.41, 5.74) is 1.01. The Hall–Kier alpha value is -0.870. The van der Waals surface area contributed by atoms with Crippen LogP contribution in [-0.2, 0) is 17.7 Å². The van der Waals surface area contributed by atoms with Crippen molar-refractivity contribution in [3.05, 3.63) is 17.8 Å². The van der Waals surface area contributed by atoms with Gasteiger partial charge in [0.2, 0.25) is 0 Å². The Morgan fingerprint density at radius 3 is 2.94 bits per heavy atom. The molecular formula is C13H24N2O2. The molecule has 1 rings (SSSR count). The summed E-state index contributed by atoms with van der Waals surface area (Å²) in [5, 5.41) is 3.37. The van der Waals surface area contributed by atoms with Gasteiger partial charge in [0, 0.05) is 19.6 Å². The van der Waals surface area contributed by atoms with Gasteiger partial charge in [0.15, 0.2) is 6.39 Å². The normalized spacial score (nSPS) is 11.3. The summed E-state index contributed by atoms with van der Waals surface area (Å²) < 4.78 is 10.8. The summed E-state index contributed by atoms with van der Waals surface area (Å²) in [5.74, 6) is 1.59. The number of aromatic nitrogens is 1. The van der Waals surface area contributed by atoms with E-state index in [2.05, 4.69) is 31.1 Å². The maximum atomic E-state index is 5.45. The highest BCUT2D eigenvalue weighted by atomic mass is 16.5. The van der Waals surface area contributed by atoms with Crippen molar-refractivity contribution >= 4 is 0 Å². The molecule has 0 radical (unpaired) electrons. The molecule has 98 valence electrons. The van der Waals surface area contributed by atoms with Crippen molar-refractivity contribution < 1.29 is 9.15 Å². The number of ether oxygens (including phenoxy) is 1. The van der Waals surface area contributed by atoms with Crippen molar-refractivity contribution in [1.82, 2.24) is 10.3 Å². The van der Waals surface area contributed by atoms with Crippen molar-refractivity contribution in [3.8, 4) is 0 Å². The smallest absolute Gasteiger partial charge is 0.181 e. The number of nitrogens with one attached hydrogen (secondary N) is 1. The molecule has 0 saturated heterocycles. The lowest BCUT2D eigenvalue weighted by Crippen LogP contribution is -2.20. The zero-order valence-electron chi connectivity index (χ0n) is 11.2. The third-order valence-electron chi connectivity index (χ3n) is 2.39. The fourth-order valence-corrected chi connectivity index (χ4v) is 1.53. The monoisotopic (exact) mass is 240 g/mol. The highest BCUT2D eigenvalue weighted by Crippen LogP contribution is 2.08. The van der Waals surface area contributed by atoms with E-state index in [4.69, 9.17) is 9.15 Å². The number of nitrogens with zero attached hydrogens (tertiary/aromatic N) is 1. The van der Waals surface area contributed by atoms with Gasteiger partial charge in [0.1, 0.15) is 5.76 Å². The molecule has 0 unspecified atom stereocenters. The fraction of sp³-hybridized carbons (Fsp3) is 0.769. The lowest BCUT2D eigenvalue weighted by atomic mass is 10.2. The minimum atomic E-state index is 0.651. The van der Waals surface area contributed by atoms with Crippen LogP contribution in [0.2, 0.25) is 0 Å². The van der Waals surface area contributed by atoms with Crippen LogP contribution < -0.4 is 5.32 Å². The zero-order valence-corrected chi connectivity index (χ0v) is 11.2. The summed E-state index contributed by atoms with van der Waals surface area (Å²) in [6.07, 6.45) is 3.37. The lowest BCUT2D eigenvalue weighted by Gasteiger charge is -2.06. The van der Waals surface area contributed by atoms with Crippen LogP contribution in [0.1, 0.15) is 38.6 Å². The van der Waals surface area contributed by atoms with Crippen molar-refractivity contribution in [2.75, 3.05) is 19.8 Å². The molecule has 0 fully saturated rings. The number of hydrogen-bond acceptors (Lipinski definition) is 4.